The van der Waals surface area contributed by atoms with Gasteiger partial charge >= 0.3 is 6.03 Å². The molecule has 3 amide bonds. The van der Waals surface area contributed by atoms with Crippen molar-refractivity contribution in [2.24, 2.45) is 0 Å². The Bertz CT molecular complexity index is 1000. The first-order valence-electron chi connectivity index (χ1n) is 8.48. The highest BCUT2D eigenvalue weighted by Gasteiger charge is 2.23. The Morgan fingerprint density at radius 2 is 2.04 bits per heavy atom. The van der Waals surface area contributed by atoms with Crippen LogP contribution in [0.3, 0.4) is 0 Å². The van der Waals surface area contributed by atoms with Crippen LogP contribution in [-0.4, -0.2) is 34.4 Å². The third-order valence-electron chi connectivity index (χ3n) is 4.29. The van der Waals surface area contributed by atoms with Gasteiger partial charge in [0.1, 0.15) is 0 Å². The summed E-state index contributed by atoms with van der Waals surface area (Å²) in [6, 6.07) is 14.8. The summed E-state index contributed by atoms with van der Waals surface area (Å²) in [7, 11) is 0. The molecule has 0 saturated carbocycles. The van der Waals surface area contributed by atoms with Crippen LogP contribution >= 0.6 is 11.5 Å². The van der Waals surface area contributed by atoms with Gasteiger partial charge in [-0.2, -0.15) is 9.36 Å². The van der Waals surface area contributed by atoms with Gasteiger partial charge in [-0.15, -0.1) is 0 Å². The van der Waals surface area contributed by atoms with Crippen molar-refractivity contribution in [3.05, 3.63) is 59.7 Å². The van der Waals surface area contributed by atoms with E-state index in [2.05, 4.69) is 20.0 Å². The molecule has 4 rings (SSSR count). The predicted octanol–water partition coefficient (Wildman–Crippen LogP) is 3.30. The molecule has 1 aliphatic heterocycles. The number of carbonyl (C=O) groups is 2. The molecular weight excluding hydrogens is 362 g/mol. The van der Waals surface area contributed by atoms with Gasteiger partial charge in [0.2, 0.25) is 5.13 Å². The number of hydrogen-bond acceptors (Lipinski definition) is 5. The first kappa shape index (κ1) is 17.2. The van der Waals surface area contributed by atoms with E-state index in [1.807, 2.05) is 37.3 Å². The molecule has 1 saturated heterocycles. The summed E-state index contributed by atoms with van der Waals surface area (Å²) in [6.45, 7) is 3.13. The Kier molecular flexibility index (Phi) is 4.55. The number of aryl methyl sites for hydroxylation is 1. The van der Waals surface area contributed by atoms with Crippen molar-refractivity contribution in [1.29, 1.82) is 0 Å². The summed E-state index contributed by atoms with van der Waals surface area (Å²) in [5.41, 5.74) is 3.08. The van der Waals surface area contributed by atoms with Gasteiger partial charge in [0, 0.05) is 41.4 Å². The molecule has 0 aliphatic carbocycles. The van der Waals surface area contributed by atoms with Crippen LogP contribution in [0.5, 0.6) is 0 Å². The third kappa shape index (κ3) is 3.52. The highest BCUT2D eigenvalue weighted by molar-refractivity contribution is 7.10. The van der Waals surface area contributed by atoms with E-state index < -0.39 is 0 Å². The SMILES string of the molecule is Cc1cc(C(=O)Nc2nc(-c3ccccc3)ns2)ccc1N1CCNC1=O. The Morgan fingerprint density at radius 1 is 1.22 bits per heavy atom. The van der Waals surface area contributed by atoms with Crippen LogP contribution in [0.25, 0.3) is 11.4 Å². The highest BCUT2D eigenvalue weighted by atomic mass is 32.1. The lowest BCUT2D eigenvalue weighted by Crippen LogP contribution is -2.28. The molecule has 0 spiro atoms. The van der Waals surface area contributed by atoms with Crippen LogP contribution in [0.2, 0.25) is 0 Å². The highest BCUT2D eigenvalue weighted by Crippen LogP contribution is 2.24. The standard InChI is InChI=1S/C19H17N5O2S/c1-12-11-14(7-8-15(12)24-10-9-20-19(24)26)17(25)22-18-21-16(23-27-18)13-5-3-2-4-6-13/h2-8,11H,9-10H2,1H3,(H,20,26)(H,21,22,23,25). The van der Waals surface area contributed by atoms with Crippen LogP contribution in [-0.2, 0) is 0 Å². The maximum absolute atomic E-state index is 12.5. The summed E-state index contributed by atoms with van der Waals surface area (Å²) in [4.78, 5) is 30.4. The fourth-order valence-electron chi connectivity index (χ4n) is 2.95. The number of nitrogens with one attached hydrogen (secondary N) is 2. The smallest absolute Gasteiger partial charge is 0.322 e. The molecule has 1 fully saturated rings. The molecular formula is C19H17N5O2S. The normalized spacial score (nSPS) is 13.5. The van der Waals surface area contributed by atoms with Crippen LogP contribution in [0.15, 0.2) is 48.5 Å². The van der Waals surface area contributed by atoms with Gasteiger partial charge in [0.25, 0.3) is 5.91 Å². The summed E-state index contributed by atoms with van der Waals surface area (Å²) < 4.78 is 4.29. The molecule has 1 aromatic heterocycles. The van der Waals surface area contributed by atoms with E-state index in [0.717, 1.165) is 28.3 Å². The molecule has 0 radical (unpaired) electrons. The van der Waals surface area contributed by atoms with Gasteiger partial charge in [-0.1, -0.05) is 30.3 Å². The first-order valence-corrected chi connectivity index (χ1v) is 9.25. The van der Waals surface area contributed by atoms with Gasteiger partial charge in [-0.25, -0.2) is 4.79 Å². The molecule has 27 heavy (non-hydrogen) atoms. The van der Waals surface area contributed by atoms with Crippen LogP contribution in [0, 0.1) is 6.92 Å². The van der Waals surface area contributed by atoms with E-state index in [1.165, 1.54) is 0 Å². The zero-order valence-electron chi connectivity index (χ0n) is 14.6. The molecule has 0 unspecified atom stereocenters. The summed E-state index contributed by atoms with van der Waals surface area (Å²) in [6.07, 6.45) is 0. The zero-order chi connectivity index (χ0) is 18.8. The maximum atomic E-state index is 12.5. The van der Waals surface area contributed by atoms with E-state index in [0.29, 0.717) is 29.6 Å². The number of anilines is 2. The van der Waals surface area contributed by atoms with Crippen LogP contribution in [0.1, 0.15) is 15.9 Å². The van der Waals surface area contributed by atoms with Crippen molar-refractivity contribution >= 4 is 34.3 Å². The fraction of sp³-hybridized carbons (Fsp3) is 0.158. The van der Waals surface area contributed by atoms with Crippen molar-refractivity contribution in [2.45, 2.75) is 6.92 Å². The molecule has 7 nitrogen and oxygen atoms in total. The number of benzene rings is 2. The minimum atomic E-state index is -0.258. The molecule has 0 bridgehead atoms. The lowest BCUT2D eigenvalue weighted by atomic mass is 10.1. The molecule has 3 aromatic rings. The second-order valence-corrected chi connectivity index (χ2v) is 6.88. The number of hydrogen-bond donors (Lipinski definition) is 2. The Morgan fingerprint density at radius 3 is 2.74 bits per heavy atom. The predicted molar refractivity (Wildman–Crippen MR) is 105 cm³/mol. The fourth-order valence-corrected chi connectivity index (χ4v) is 3.53. The Hall–Kier alpha value is -3.26. The molecule has 1 aliphatic rings. The van der Waals surface area contributed by atoms with E-state index in [4.69, 9.17) is 0 Å². The number of rotatable bonds is 4. The van der Waals surface area contributed by atoms with Gasteiger partial charge in [0.05, 0.1) is 0 Å². The van der Waals surface area contributed by atoms with Gasteiger partial charge in [-0.05, 0) is 30.7 Å². The van der Waals surface area contributed by atoms with Crippen LogP contribution < -0.4 is 15.5 Å². The number of amides is 3. The van der Waals surface area contributed by atoms with Crippen molar-refractivity contribution in [3.63, 3.8) is 0 Å². The third-order valence-corrected chi connectivity index (χ3v) is 4.92. The largest absolute Gasteiger partial charge is 0.336 e. The minimum absolute atomic E-state index is 0.113. The molecule has 2 aromatic carbocycles. The summed E-state index contributed by atoms with van der Waals surface area (Å²) in [5.74, 6) is 0.328. The van der Waals surface area contributed by atoms with Gasteiger partial charge in [-0.3, -0.25) is 15.0 Å². The van der Waals surface area contributed by atoms with E-state index in [1.54, 1.807) is 23.1 Å². The number of aromatic nitrogens is 2. The van der Waals surface area contributed by atoms with Crippen molar-refractivity contribution in [3.8, 4) is 11.4 Å². The monoisotopic (exact) mass is 379 g/mol. The maximum Gasteiger partial charge on any atom is 0.322 e. The average Bonchev–Trinajstić information content (AvgIpc) is 3.31. The second-order valence-electron chi connectivity index (χ2n) is 6.13. The van der Waals surface area contributed by atoms with Crippen molar-refractivity contribution in [1.82, 2.24) is 14.7 Å². The average molecular weight is 379 g/mol. The van der Waals surface area contributed by atoms with E-state index in [-0.39, 0.29) is 11.9 Å². The lowest BCUT2D eigenvalue weighted by Gasteiger charge is -2.17. The number of urea groups is 1. The summed E-state index contributed by atoms with van der Waals surface area (Å²) in [5, 5.41) is 6.01. The van der Waals surface area contributed by atoms with E-state index >= 15 is 0 Å². The van der Waals surface area contributed by atoms with Crippen molar-refractivity contribution in [2.75, 3.05) is 23.3 Å². The molecule has 2 N–H and O–H groups in total. The van der Waals surface area contributed by atoms with Crippen molar-refractivity contribution < 1.29 is 9.59 Å². The Balaban J connectivity index is 1.49. The number of nitrogens with zero attached hydrogens (tertiary/aromatic N) is 3. The van der Waals surface area contributed by atoms with Gasteiger partial charge < -0.3 is 5.32 Å². The molecule has 0 atom stereocenters. The summed E-state index contributed by atoms with van der Waals surface area (Å²) >= 11 is 1.14. The molecule has 8 heteroatoms. The van der Waals surface area contributed by atoms with Gasteiger partial charge in [0.15, 0.2) is 5.82 Å². The molecule has 136 valence electrons. The molecule has 2 heterocycles. The first-order chi connectivity index (χ1) is 13.1. The van der Waals surface area contributed by atoms with Crippen LogP contribution in [0.4, 0.5) is 15.6 Å². The Labute approximate surface area is 160 Å². The topological polar surface area (TPSA) is 87.2 Å². The number of carbonyl (C=O) groups excluding carboxylic acids is 2. The minimum Gasteiger partial charge on any atom is -0.336 e. The van der Waals surface area contributed by atoms with E-state index in [9.17, 15) is 9.59 Å². The second kappa shape index (κ2) is 7.16. The zero-order valence-corrected chi connectivity index (χ0v) is 15.4. The quantitative estimate of drug-likeness (QED) is 0.728. The lowest BCUT2D eigenvalue weighted by molar-refractivity contribution is 0.102.